The molecule has 1 aromatic carbocycles. The number of aromatic nitrogens is 2. The molecule has 0 atom stereocenters. The number of nitrogen functional groups attached to an aromatic ring is 1. The van der Waals surface area contributed by atoms with Crippen LogP contribution in [0.25, 0.3) is 0 Å². The molecule has 0 radical (unpaired) electrons. The molecule has 0 bridgehead atoms. The summed E-state index contributed by atoms with van der Waals surface area (Å²) in [6, 6.07) is 4.69. The molecule has 17 heavy (non-hydrogen) atoms. The van der Waals surface area contributed by atoms with Crippen molar-refractivity contribution in [2.24, 2.45) is 0 Å². The molecular weight excluding hydrogens is 245 g/mol. The van der Waals surface area contributed by atoms with E-state index in [-0.39, 0.29) is 17.3 Å². The van der Waals surface area contributed by atoms with Gasteiger partial charge in [0.2, 0.25) is 5.82 Å². The van der Waals surface area contributed by atoms with E-state index in [1.807, 2.05) is 0 Å². The largest absolute Gasteiger partial charge is 0.435 e. The van der Waals surface area contributed by atoms with Crippen molar-refractivity contribution in [3.8, 4) is 11.6 Å². The highest BCUT2D eigenvalue weighted by molar-refractivity contribution is 6.32. The third kappa shape index (κ3) is 2.45. The predicted octanol–water partition coefficient (Wildman–Crippen LogP) is 2.95. The van der Waals surface area contributed by atoms with E-state index in [4.69, 9.17) is 22.1 Å². The Labute approximate surface area is 102 Å². The molecule has 0 aliphatic rings. The van der Waals surface area contributed by atoms with E-state index in [2.05, 4.69) is 9.97 Å². The minimum absolute atomic E-state index is 0.176. The Morgan fingerprint density at radius 2 is 2.12 bits per heavy atom. The van der Waals surface area contributed by atoms with Crippen LogP contribution in [0.5, 0.6) is 11.6 Å². The lowest BCUT2D eigenvalue weighted by Crippen LogP contribution is -1.97. The van der Waals surface area contributed by atoms with Crippen molar-refractivity contribution in [1.29, 1.82) is 0 Å². The molecule has 2 rings (SSSR count). The lowest BCUT2D eigenvalue weighted by Gasteiger charge is -2.08. The van der Waals surface area contributed by atoms with E-state index in [1.165, 1.54) is 19.3 Å². The Bertz CT molecular complexity index is 562. The van der Waals surface area contributed by atoms with Gasteiger partial charge in [0.15, 0.2) is 0 Å². The zero-order valence-electron chi connectivity index (χ0n) is 8.95. The summed E-state index contributed by atoms with van der Waals surface area (Å²) < 4.78 is 18.9. The van der Waals surface area contributed by atoms with Gasteiger partial charge in [0.1, 0.15) is 12.1 Å². The molecule has 0 amide bonds. The summed E-state index contributed by atoms with van der Waals surface area (Å²) in [5.74, 6) is -0.542. The molecule has 1 heterocycles. The SMILES string of the molecule is Cc1ncnc(Oc2cc(N)ccc2Cl)c1F. The summed E-state index contributed by atoms with van der Waals surface area (Å²) in [6.07, 6.45) is 1.22. The van der Waals surface area contributed by atoms with E-state index in [0.29, 0.717) is 10.7 Å². The molecule has 0 aliphatic carbocycles. The Balaban J connectivity index is 2.38. The van der Waals surface area contributed by atoms with Crippen LogP contribution in [-0.2, 0) is 0 Å². The molecule has 0 saturated carbocycles. The van der Waals surface area contributed by atoms with Crippen LogP contribution >= 0.6 is 11.6 Å². The van der Waals surface area contributed by atoms with Gasteiger partial charge in [-0.25, -0.2) is 4.98 Å². The maximum atomic E-state index is 13.6. The molecule has 4 nitrogen and oxygen atoms in total. The van der Waals surface area contributed by atoms with E-state index in [1.54, 1.807) is 12.1 Å². The maximum Gasteiger partial charge on any atom is 0.259 e. The van der Waals surface area contributed by atoms with E-state index < -0.39 is 5.82 Å². The third-order valence-corrected chi connectivity index (χ3v) is 2.41. The molecule has 0 unspecified atom stereocenters. The fourth-order valence-corrected chi connectivity index (χ4v) is 1.37. The zero-order valence-corrected chi connectivity index (χ0v) is 9.70. The predicted molar refractivity (Wildman–Crippen MR) is 62.7 cm³/mol. The van der Waals surface area contributed by atoms with Crippen molar-refractivity contribution in [1.82, 2.24) is 9.97 Å². The van der Waals surface area contributed by atoms with Gasteiger partial charge in [-0.05, 0) is 19.1 Å². The van der Waals surface area contributed by atoms with Crippen LogP contribution in [0.4, 0.5) is 10.1 Å². The van der Waals surface area contributed by atoms with Gasteiger partial charge < -0.3 is 10.5 Å². The Morgan fingerprint density at radius 1 is 1.35 bits per heavy atom. The van der Waals surface area contributed by atoms with Crippen LogP contribution in [0.15, 0.2) is 24.5 Å². The average Bonchev–Trinajstić information content (AvgIpc) is 2.30. The van der Waals surface area contributed by atoms with Crippen LogP contribution < -0.4 is 10.5 Å². The van der Waals surface area contributed by atoms with Crippen LogP contribution in [0.1, 0.15) is 5.69 Å². The van der Waals surface area contributed by atoms with Gasteiger partial charge >= 0.3 is 0 Å². The minimum atomic E-state index is -0.619. The molecule has 0 fully saturated rings. The van der Waals surface area contributed by atoms with Crippen LogP contribution in [0.2, 0.25) is 5.02 Å². The van der Waals surface area contributed by atoms with E-state index >= 15 is 0 Å². The standard InChI is InChI=1S/C11H9ClFN3O/c1-6-10(13)11(16-5-15-6)17-9-4-7(14)2-3-8(9)12/h2-5H,14H2,1H3. The van der Waals surface area contributed by atoms with E-state index in [0.717, 1.165) is 0 Å². The minimum Gasteiger partial charge on any atom is -0.435 e. The normalized spacial score (nSPS) is 10.3. The number of anilines is 1. The molecular formula is C11H9ClFN3O. The summed E-state index contributed by atoms with van der Waals surface area (Å²) in [6.45, 7) is 1.52. The number of rotatable bonds is 2. The molecule has 2 aromatic rings. The number of nitrogens with zero attached hydrogens (tertiary/aromatic N) is 2. The van der Waals surface area contributed by atoms with Gasteiger partial charge in [-0.3, -0.25) is 0 Å². The Morgan fingerprint density at radius 3 is 2.88 bits per heavy atom. The molecule has 6 heteroatoms. The average molecular weight is 254 g/mol. The first-order chi connectivity index (χ1) is 8.08. The first-order valence-electron chi connectivity index (χ1n) is 4.78. The second kappa shape index (κ2) is 4.55. The van der Waals surface area contributed by atoms with Crippen LogP contribution in [0, 0.1) is 12.7 Å². The van der Waals surface area contributed by atoms with Crippen molar-refractivity contribution < 1.29 is 9.13 Å². The molecule has 0 spiro atoms. The number of benzene rings is 1. The van der Waals surface area contributed by atoms with Gasteiger partial charge in [0, 0.05) is 11.8 Å². The molecule has 1 aromatic heterocycles. The van der Waals surface area contributed by atoms with Crippen molar-refractivity contribution in [2.45, 2.75) is 6.92 Å². The van der Waals surface area contributed by atoms with Crippen LogP contribution in [-0.4, -0.2) is 9.97 Å². The Hall–Kier alpha value is -1.88. The summed E-state index contributed by atoms with van der Waals surface area (Å²) in [7, 11) is 0. The van der Waals surface area contributed by atoms with Crippen molar-refractivity contribution in [2.75, 3.05) is 5.73 Å². The van der Waals surface area contributed by atoms with Crippen LogP contribution in [0.3, 0.4) is 0 Å². The van der Waals surface area contributed by atoms with Crippen molar-refractivity contribution in [3.63, 3.8) is 0 Å². The summed E-state index contributed by atoms with van der Waals surface area (Å²) in [4.78, 5) is 7.39. The first kappa shape index (κ1) is 11.6. The van der Waals surface area contributed by atoms with Gasteiger partial charge in [0.05, 0.1) is 10.7 Å². The summed E-state index contributed by atoms with van der Waals surface area (Å²) in [5.41, 5.74) is 6.26. The Kier molecular flexibility index (Phi) is 3.10. The monoisotopic (exact) mass is 253 g/mol. The smallest absolute Gasteiger partial charge is 0.259 e. The van der Waals surface area contributed by atoms with Gasteiger partial charge in [-0.1, -0.05) is 11.6 Å². The molecule has 88 valence electrons. The first-order valence-corrected chi connectivity index (χ1v) is 5.15. The highest BCUT2D eigenvalue weighted by Crippen LogP contribution is 2.31. The second-order valence-electron chi connectivity index (χ2n) is 3.37. The van der Waals surface area contributed by atoms with Gasteiger partial charge in [-0.15, -0.1) is 0 Å². The third-order valence-electron chi connectivity index (χ3n) is 2.09. The lowest BCUT2D eigenvalue weighted by atomic mass is 10.3. The fourth-order valence-electron chi connectivity index (χ4n) is 1.21. The topological polar surface area (TPSA) is 61.0 Å². The van der Waals surface area contributed by atoms with Crippen molar-refractivity contribution in [3.05, 3.63) is 41.1 Å². The van der Waals surface area contributed by atoms with E-state index in [9.17, 15) is 4.39 Å². The lowest BCUT2D eigenvalue weighted by molar-refractivity contribution is 0.417. The highest BCUT2D eigenvalue weighted by Gasteiger charge is 2.12. The number of halogens is 2. The fraction of sp³-hybridized carbons (Fsp3) is 0.0909. The number of hydrogen-bond donors (Lipinski definition) is 1. The van der Waals surface area contributed by atoms with Gasteiger partial charge in [-0.2, -0.15) is 9.37 Å². The van der Waals surface area contributed by atoms with Crippen molar-refractivity contribution >= 4 is 17.3 Å². The molecule has 2 N–H and O–H groups in total. The second-order valence-corrected chi connectivity index (χ2v) is 3.78. The number of aryl methyl sites for hydroxylation is 1. The quantitative estimate of drug-likeness (QED) is 0.836. The number of ether oxygens (including phenoxy) is 1. The molecule has 0 saturated heterocycles. The van der Waals surface area contributed by atoms with Gasteiger partial charge in [0.25, 0.3) is 5.88 Å². The maximum absolute atomic E-state index is 13.6. The zero-order chi connectivity index (χ0) is 12.4. The summed E-state index contributed by atoms with van der Waals surface area (Å²) in [5, 5.41) is 0.329. The molecule has 0 aliphatic heterocycles. The number of hydrogen-bond acceptors (Lipinski definition) is 4. The highest BCUT2D eigenvalue weighted by atomic mass is 35.5. The summed E-state index contributed by atoms with van der Waals surface area (Å²) >= 11 is 5.89. The number of nitrogens with two attached hydrogens (primary N) is 1.